The van der Waals surface area contributed by atoms with Crippen LogP contribution in [0.3, 0.4) is 0 Å². The molecule has 0 fully saturated rings. The van der Waals surface area contributed by atoms with Crippen molar-refractivity contribution in [2.24, 2.45) is 0 Å². The number of hydrogen-bond acceptors (Lipinski definition) is 6. The largest absolute Gasteiger partial charge is 0.462 e. The van der Waals surface area contributed by atoms with Crippen molar-refractivity contribution in [3.8, 4) is 0 Å². The summed E-state index contributed by atoms with van der Waals surface area (Å²) in [5, 5.41) is 0. The Hall–Kier alpha value is -4.97. The second-order valence-electron chi connectivity index (χ2n) is 21.3. The zero-order chi connectivity index (χ0) is 58.5. The molecule has 0 N–H and O–H groups in total. The summed E-state index contributed by atoms with van der Waals surface area (Å²) in [7, 11) is 0. The molecule has 0 amide bonds. The second-order valence-corrected chi connectivity index (χ2v) is 21.3. The van der Waals surface area contributed by atoms with E-state index in [4.69, 9.17) is 14.2 Å². The van der Waals surface area contributed by atoms with E-state index in [1.807, 2.05) is 0 Å². The van der Waals surface area contributed by atoms with E-state index in [1.54, 1.807) is 0 Å². The van der Waals surface area contributed by atoms with Gasteiger partial charge in [0.15, 0.2) is 6.10 Å². The lowest BCUT2D eigenvalue weighted by molar-refractivity contribution is -0.167. The van der Waals surface area contributed by atoms with Gasteiger partial charge in [0.2, 0.25) is 0 Å². The maximum absolute atomic E-state index is 12.9. The van der Waals surface area contributed by atoms with Crippen molar-refractivity contribution in [2.45, 2.75) is 284 Å². The molecule has 0 saturated carbocycles. The van der Waals surface area contributed by atoms with Crippen LogP contribution in [0, 0.1) is 0 Å². The molecule has 0 heterocycles. The highest BCUT2D eigenvalue weighted by Gasteiger charge is 2.19. The minimum atomic E-state index is -0.794. The number of esters is 3. The topological polar surface area (TPSA) is 78.9 Å². The van der Waals surface area contributed by atoms with Crippen LogP contribution in [0.25, 0.3) is 0 Å². The van der Waals surface area contributed by atoms with Crippen molar-refractivity contribution in [1.29, 1.82) is 0 Å². The van der Waals surface area contributed by atoms with E-state index >= 15 is 0 Å². The van der Waals surface area contributed by atoms with Gasteiger partial charge in [0, 0.05) is 19.3 Å². The van der Waals surface area contributed by atoms with Crippen LogP contribution >= 0.6 is 0 Å². The molecule has 6 heteroatoms. The van der Waals surface area contributed by atoms with Crippen LogP contribution in [-0.2, 0) is 28.6 Å². The van der Waals surface area contributed by atoms with Gasteiger partial charge in [-0.25, -0.2) is 0 Å². The van der Waals surface area contributed by atoms with Gasteiger partial charge < -0.3 is 14.2 Å². The summed E-state index contributed by atoms with van der Waals surface area (Å²) in [4.78, 5) is 38.1. The lowest BCUT2D eigenvalue weighted by Crippen LogP contribution is -2.30. The van der Waals surface area contributed by atoms with Crippen LogP contribution < -0.4 is 0 Å². The van der Waals surface area contributed by atoms with Crippen molar-refractivity contribution in [1.82, 2.24) is 0 Å². The molecule has 81 heavy (non-hydrogen) atoms. The molecule has 0 radical (unpaired) electrons. The van der Waals surface area contributed by atoms with Gasteiger partial charge in [0.1, 0.15) is 13.2 Å². The van der Waals surface area contributed by atoms with Crippen LogP contribution in [0.15, 0.2) is 158 Å². The zero-order valence-corrected chi connectivity index (χ0v) is 52.2. The molecular formula is C75H120O6. The Bertz CT molecular complexity index is 1810. The first-order valence-electron chi connectivity index (χ1n) is 33.0. The second kappa shape index (κ2) is 67.5. The lowest BCUT2D eigenvalue weighted by atomic mass is 10.1. The van der Waals surface area contributed by atoms with Crippen molar-refractivity contribution in [3.05, 3.63) is 158 Å². The molecule has 0 saturated heterocycles. The minimum absolute atomic E-state index is 0.0909. The summed E-state index contributed by atoms with van der Waals surface area (Å²) >= 11 is 0. The molecule has 0 aliphatic carbocycles. The third-order valence-electron chi connectivity index (χ3n) is 13.5. The maximum Gasteiger partial charge on any atom is 0.306 e. The van der Waals surface area contributed by atoms with E-state index in [2.05, 4.69) is 179 Å². The standard InChI is InChI=1S/C75H120O6/c1-4-7-10-13-16-18-20-22-24-26-28-30-31-32-33-34-35-36-37-38-39-40-41-42-43-45-46-48-50-52-54-56-59-62-65-68-74(77)80-71-72(70-79-73(76)67-64-61-58-15-12-9-6-3)81-75(78)69-66-63-60-57-55-53-51-49-47-44-29-27-25-23-21-19-17-14-11-8-5-2/h7-8,10-11,16-19,22-25,28-30,32-33,35-36,38-39,41-42,44,49,51,72H,4-6,9,12-15,20-21,26-27,31,34,37,40,43,45-48,50,52-71H2,1-3H3/b10-7-,11-8-,18-16-,19-17-,24-22-,25-23-,30-28-,33-32-,36-35-,39-38-,42-41-,44-29-,51-49-. The average molecular weight is 1120 g/mol. The molecule has 0 aromatic heterocycles. The molecular weight excluding hydrogens is 997 g/mol. The Morgan fingerprint density at radius 1 is 0.259 bits per heavy atom. The van der Waals surface area contributed by atoms with Gasteiger partial charge >= 0.3 is 17.9 Å². The lowest BCUT2D eigenvalue weighted by Gasteiger charge is -2.18. The van der Waals surface area contributed by atoms with E-state index in [9.17, 15) is 14.4 Å². The number of ether oxygens (including phenoxy) is 3. The highest BCUT2D eigenvalue weighted by molar-refractivity contribution is 5.71. The number of allylic oxidation sites excluding steroid dienone is 26. The Morgan fingerprint density at radius 3 is 0.753 bits per heavy atom. The molecule has 456 valence electrons. The van der Waals surface area contributed by atoms with Crippen LogP contribution in [0.5, 0.6) is 0 Å². The highest BCUT2D eigenvalue weighted by atomic mass is 16.6. The molecule has 0 aliphatic rings. The quantitative estimate of drug-likeness (QED) is 0.0261. The highest BCUT2D eigenvalue weighted by Crippen LogP contribution is 2.15. The Morgan fingerprint density at radius 2 is 0.481 bits per heavy atom. The zero-order valence-electron chi connectivity index (χ0n) is 52.2. The first-order chi connectivity index (χ1) is 40.0. The smallest absolute Gasteiger partial charge is 0.306 e. The normalized spacial score (nSPS) is 13.2. The van der Waals surface area contributed by atoms with Gasteiger partial charge in [-0.2, -0.15) is 0 Å². The van der Waals surface area contributed by atoms with Crippen molar-refractivity contribution >= 4 is 17.9 Å². The Labute approximate surface area is 499 Å². The fraction of sp³-hybridized carbons (Fsp3) is 0.613. The van der Waals surface area contributed by atoms with Gasteiger partial charge in [-0.15, -0.1) is 0 Å². The molecule has 1 atom stereocenters. The SMILES string of the molecule is CC/C=C\C/C=C\C/C=C\C/C=C\C/C=C\C/C=C\C/C=C\C/C=C\CCCCCCCCCCCCC(=O)OCC(COC(=O)CCCCCCCCC)OC(=O)CCCCCCC/C=C\C/C=C\C/C=C\C/C=C\C/C=C\CC. The third kappa shape index (κ3) is 65.7. The third-order valence-corrected chi connectivity index (χ3v) is 13.5. The molecule has 0 rings (SSSR count). The summed E-state index contributed by atoms with van der Waals surface area (Å²) in [6.07, 6.45) is 98.5. The van der Waals surface area contributed by atoms with Crippen molar-refractivity contribution < 1.29 is 28.6 Å². The van der Waals surface area contributed by atoms with Gasteiger partial charge in [0.05, 0.1) is 0 Å². The van der Waals surface area contributed by atoms with Crippen molar-refractivity contribution in [2.75, 3.05) is 13.2 Å². The van der Waals surface area contributed by atoms with Gasteiger partial charge in [-0.3, -0.25) is 14.4 Å². The molecule has 1 unspecified atom stereocenters. The molecule has 0 bridgehead atoms. The van der Waals surface area contributed by atoms with E-state index in [1.165, 1.54) is 70.6 Å². The van der Waals surface area contributed by atoms with E-state index in [-0.39, 0.29) is 31.1 Å². The molecule has 0 aliphatic heterocycles. The summed E-state index contributed by atoms with van der Waals surface area (Å²) in [6.45, 7) is 6.35. The number of rotatable bonds is 58. The van der Waals surface area contributed by atoms with Gasteiger partial charge in [-0.05, 0) is 128 Å². The maximum atomic E-state index is 12.9. The first kappa shape index (κ1) is 76.0. The summed E-state index contributed by atoms with van der Waals surface area (Å²) < 4.78 is 16.8. The van der Waals surface area contributed by atoms with E-state index in [0.29, 0.717) is 19.3 Å². The van der Waals surface area contributed by atoms with E-state index in [0.717, 1.165) is 167 Å². The fourth-order valence-electron chi connectivity index (χ4n) is 8.66. The Balaban J connectivity index is 4.16. The summed E-state index contributed by atoms with van der Waals surface area (Å²) in [5.74, 6) is -0.923. The van der Waals surface area contributed by atoms with Crippen LogP contribution in [0.2, 0.25) is 0 Å². The number of carbonyl (C=O) groups is 3. The van der Waals surface area contributed by atoms with Crippen LogP contribution in [0.4, 0.5) is 0 Å². The first-order valence-corrected chi connectivity index (χ1v) is 33.0. The molecule has 6 nitrogen and oxygen atoms in total. The van der Waals surface area contributed by atoms with Gasteiger partial charge in [-0.1, -0.05) is 288 Å². The summed E-state index contributed by atoms with van der Waals surface area (Å²) in [6, 6.07) is 0. The summed E-state index contributed by atoms with van der Waals surface area (Å²) in [5.41, 5.74) is 0. The predicted molar refractivity (Wildman–Crippen MR) is 352 cm³/mol. The van der Waals surface area contributed by atoms with E-state index < -0.39 is 6.10 Å². The molecule has 0 aromatic carbocycles. The van der Waals surface area contributed by atoms with Crippen LogP contribution in [0.1, 0.15) is 278 Å². The Kier molecular flexibility index (Phi) is 63.4. The van der Waals surface area contributed by atoms with Crippen molar-refractivity contribution in [3.63, 3.8) is 0 Å². The average Bonchev–Trinajstić information content (AvgIpc) is 3.47. The molecule has 0 aromatic rings. The molecule has 0 spiro atoms. The van der Waals surface area contributed by atoms with Gasteiger partial charge in [0.25, 0.3) is 0 Å². The monoisotopic (exact) mass is 1120 g/mol. The number of hydrogen-bond donors (Lipinski definition) is 0. The number of unbranched alkanes of at least 4 members (excludes halogenated alkanes) is 21. The predicted octanol–water partition coefficient (Wildman–Crippen LogP) is 22.9. The van der Waals surface area contributed by atoms with Crippen LogP contribution in [-0.4, -0.2) is 37.2 Å². The minimum Gasteiger partial charge on any atom is -0.462 e. The number of carbonyl (C=O) groups excluding carboxylic acids is 3. The fourth-order valence-corrected chi connectivity index (χ4v) is 8.66.